The quantitative estimate of drug-likeness (QED) is 0.797. The van der Waals surface area contributed by atoms with Gasteiger partial charge in [0.25, 0.3) is 0 Å². The summed E-state index contributed by atoms with van der Waals surface area (Å²) in [5.74, 6) is 0.418. The molecule has 1 aromatic carbocycles. The molecule has 2 aliphatic rings. The number of rotatable bonds is 0. The SMILES string of the molecule is Nc1ncc2c(n1)C1(CCCC2)Cc2ccccc2C1. The Kier molecular flexibility index (Phi) is 2.56. The minimum absolute atomic E-state index is 0.159. The molecule has 102 valence electrons. The first-order valence-corrected chi connectivity index (χ1v) is 7.46. The fourth-order valence-electron chi connectivity index (χ4n) is 4.00. The van der Waals surface area contributed by atoms with Gasteiger partial charge in [0.2, 0.25) is 5.95 Å². The molecule has 2 aliphatic carbocycles. The molecule has 4 rings (SSSR count). The summed E-state index contributed by atoms with van der Waals surface area (Å²) in [5.41, 5.74) is 11.5. The zero-order chi connectivity index (χ0) is 13.6. The lowest BCUT2D eigenvalue weighted by atomic mass is 9.77. The average Bonchev–Trinajstić information content (AvgIpc) is 2.75. The molecule has 0 amide bonds. The van der Waals surface area contributed by atoms with Gasteiger partial charge in [-0.25, -0.2) is 9.97 Å². The van der Waals surface area contributed by atoms with Crippen molar-refractivity contribution in [1.29, 1.82) is 0 Å². The second kappa shape index (κ2) is 4.30. The Morgan fingerprint density at radius 3 is 2.50 bits per heavy atom. The maximum absolute atomic E-state index is 5.87. The molecule has 2 N–H and O–H groups in total. The highest BCUT2D eigenvalue weighted by Gasteiger charge is 2.42. The van der Waals surface area contributed by atoms with E-state index in [1.807, 2.05) is 6.20 Å². The summed E-state index contributed by atoms with van der Waals surface area (Å²) in [7, 11) is 0. The van der Waals surface area contributed by atoms with Crippen LogP contribution < -0.4 is 5.73 Å². The number of aromatic nitrogens is 2. The number of aryl methyl sites for hydroxylation is 1. The van der Waals surface area contributed by atoms with Crippen LogP contribution in [0.1, 0.15) is 41.6 Å². The summed E-state index contributed by atoms with van der Waals surface area (Å²) in [4.78, 5) is 8.86. The van der Waals surface area contributed by atoms with Crippen molar-refractivity contribution < 1.29 is 0 Å². The molecule has 0 saturated carbocycles. The van der Waals surface area contributed by atoms with Crippen molar-refractivity contribution in [2.45, 2.75) is 43.9 Å². The van der Waals surface area contributed by atoms with Crippen molar-refractivity contribution in [3.05, 3.63) is 52.8 Å². The van der Waals surface area contributed by atoms with Crippen LogP contribution in [0.25, 0.3) is 0 Å². The first-order valence-electron chi connectivity index (χ1n) is 7.46. The lowest BCUT2D eigenvalue weighted by Gasteiger charge is -2.28. The fourth-order valence-corrected chi connectivity index (χ4v) is 4.00. The van der Waals surface area contributed by atoms with Gasteiger partial charge < -0.3 is 5.73 Å². The second-order valence-electron chi connectivity index (χ2n) is 6.21. The molecule has 1 heterocycles. The molecule has 0 aliphatic heterocycles. The molecule has 3 heteroatoms. The van der Waals surface area contributed by atoms with Crippen LogP contribution in [0.5, 0.6) is 0 Å². The molecule has 3 nitrogen and oxygen atoms in total. The number of nitrogen functional groups attached to an aromatic ring is 1. The summed E-state index contributed by atoms with van der Waals surface area (Å²) < 4.78 is 0. The Balaban J connectivity index is 1.86. The molecule has 1 spiro atoms. The second-order valence-corrected chi connectivity index (χ2v) is 6.21. The zero-order valence-electron chi connectivity index (χ0n) is 11.6. The molecule has 0 unspecified atom stereocenters. The monoisotopic (exact) mass is 265 g/mol. The number of hydrogen-bond acceptors (Lipinski definition) is 3. The van der Waals surface area contributed by atoms with Crippen LogP contribution in [0.3, 0.4) is 0 Å². The topological polar surface area (TPSA) is 51.8 Å². The Labute approximate surface area is 119 Å². The molecule has 1 aromatic heterocycles. The number of anilines is 1. The lowest BCUT2D eigenvalue weighted by molar-refractivity contribution is 0.397. The van der Waals surface area contributed by atoms with Gasteiger partial charge in [-0.05, 0) is 48.8 Å². The summed E-state index contributed by atoms with van der Waals surface area (Å²) >= 11 is 0. The van der Waals surface area contributed by atoms with E-state index in [4.69, 9.17) is 5.73 Å². The minimum atomic E-state index is 0.159. The van der Waals surface area contributed by atoms with Crippen LogP contribution in [-0.2, 0) is 24.7 Å². The Hall–Kier alpha value is -1.90. The normalized spacial score (nSPS) is 19.4. The van der Waals surface area contributed by atoms with E-state index in [0.717, 1.165) is 19.3 Å². The molecule has 20 heavy (non-hydrogen) atoms. The van der Waals surface area contributed by atoms with E-state index in [2.05, 4.69) is 34.2 Å². The third kappa shape index (κ3) is 1.73. The Morgan fingerprint density at radius 1 is 1.00 bits per heavy atom. The number of benzene rings is 1. The third-order valence-electron chi connectivity index (χ3n) is 4.91. The van der Waals surface area contributed by atoms with Crippen molar-refractivity contribution in [2.75, 3.05) is 5.73 Å². The summed E-state index contributed by atoms with van der Waals surface area (Å²) in [5, 5.41) is 0. The van der Waals surface area contributed by atoms with E-state index < -0.39 is 0 Å². The van der Waals surface area contributed by atoms with Crippen LogP contribution in [0.15, 0.2) is 30.5 Å². The summed E-state index contributed by atoms with van der Waals surface area (Å²) in [6.45, 7) is 0. The van der Waals surface area contributed by atoms with E-state index in [9.17, 15) is 0 Å². The van der Waals surface area contributed by atoms with Crippen LogP contribution in [0, 0.1) is 0 Å². The van der Waals surface area contributed by atoms with Gasteiger partial charge in [0.1, 0.15) is 0 Å². The fraction of sp³-hybridized carbons (Fsp3) is 0.412. The molecular weight excluding hydrogens is 246 g/mol. The van der Waals surface area contributed by atoms with Gasteiger partial charge in [-0.3, -0.25) is 0 Å². The van der Waals surface area contributed by atoms with E-state index in [-0.39, 0.29) is 5.41 Å². The smallest absolute Gasteiger partial charge is 0.220 e. The largest absolute Gasteiger partial charge is 0.368 e. The number of fused-ring (bicyclic) bond motifs is 3. The third-order valence-corrected chi connectivity index (χ3v) is 4.91. The van der Waals surface area contributed by atoms with Gasteiger partial charge in [-0.2, -0.15) is 0 Å². The van der Waals surface area contributed by atoms with Gasteiger partial charge in [-0.15, -0.1) is 0 Å². The molecule has 0 fully saturated rings. The minimum Gasteiger partial charge on any atom is -0.368 e. The number of nitrogens with zero attached hydrogens (tertiary/aromatic N) is 2. The van der Waals surface area contributed by atoms with Gasteiger partial charge in [0, 0.05) is 11.6 Å². The molecule has 2 aromatic rings. The highest BCUT2D eigenvalue weighted by molar-refractivity contribution is 5.43. The van der Waals surface area contributed by atoms with Crippen molar-refractivity contribution >= 4 is 5.95 Å². The standard InChI is InChI=1S/C17H19N3/c18-16-19-11-14-7-3-4-8-17(15(14)20-16)9-12-5-1-2-6-13(12)10-17/h1-2,5-6,11H,3-4,7-10H2,(H2,18,19,20). The van der Waals surface area contributed by atoms with E-state index >= 15 is 0 Å². The van der Waals surface area contributed by atoms with Gasteiger partial charge in [0.15, 0.2) is 0 Å². The average molecular weight is 265 g/mol. The van der Waals surface area contributed by atoms with Crippen LogP contribution >= 0.6 is 0 Å². The molecule has 0 radical (unpaired) electrons. The molecule has 0 atom stereocenters. The van der Waals surface area contributed by atoms with Gasteiger partial charge in [0.05, 0.1) is 5.69 Å². The first-order chi connectivity index (χ1) is 9.77. The van der Waals surface area contributed by atoms with Crippen molar-refractivity contribution in [1.82, 2.24) is 9.97 Å². The van der Waals surface area contributed by atoms with Crippen LogP contribution in [-0.4, -0.2) is 9.97 Å². The number of nitrogens with two attached hydrogens (primary N) is 1. The van der Waals surface area contributed by atoms with Gasteiger partial charge >= 0.3 is 0 Å². The van der Waals surface area contributed by atoms with E-state index in [1.165, 1.54) is 41.6 Å². The first kappa shape index (κ1) is 11.9. The van der Waals surface area contributed by atoms with Crippen molar-refractivity contribution in [2.24, 2.45) is 0 Å². The summed E-state index contributed by atoms with van der Waals surface area (Å²) in [6.07, 6.45) is 8.97. The van der Waals surface area contributed by atoms with Crippen LogP contribution in [0.2, 0.25) is 0 Å². The van der Waals surface area contributed by atoms with Crippen LogP contribution in [0.4, 0.5) is 5.95 Å². The maximum Gasteiger partial charge on any atom is 0.220 e. The van der Waals surface area contributed by atoms with Crippen molar-refractivity contribution in [3.63, 3.8) is 0 Å². The lowest BCUT2D eigenvalue weighted by Crippen LogP contribution is -2.29. The highest BCUT2D eigenvalue weighted by atomic mass is 15.0. The Morgan fingerprint density at radius 2 is 1.75 bits per heavy atom. The molecule has 0 bridgehead atoms. The number of hydrogen-bond donors (Lipinski definition) is 1. The van der Waals surface area contributed by atoms with Crippen molar-refractivity contribution in [3.8, 4) is 0 Å². The van der Waals surface area contributed by atoms with Gasteiger partial charge in [-0.1, -0.05) is 30.7 Å². The molecular formula is C17H19N3. The van der Waals surface area contributed by atoms with E-state index in [1.54, 1.807) is 0 Å². The Bertz CT molecular complexity index is 638. The molecule has 0 saturated heterocycles. The maximum atomic E-state index is 5.87. The summed E-state index contributed by atoms with van der Waals surface area (Å²) in [6, 6.07) is 8.81. The van der Waals surface area contributed by atoms with E-state index in [0.29, 0.717) is 5.95 Å². The zero-order valence-corrected chi connectivity index (χ0v) is 11.6. The predicted molar refractivity (Wildman–Crippen MR) is 79.5 cm³/mol. The predicted octanol–water partition coefficient (Wildman–Crippen LogP) is 2.82. The highest BCUT2D eigenvalue weighted by Crippen LogP contribution is 2.45.